The summed E-state index contributed by atoms with van der Waals surface area (Å²) >= 11 is 4.18. The Kier molecular flexibility index (Phi) is 9.18. The normalized spacial score (nSPS) is 12.9. The Bertz CT molecular complexity index is 3630. The van der Waals surface area contributed by atoms with Crippen molar-refractivity contribution in [1.82, 2.24) is 0 Å². The highest BCUT2D eigenvalue weighted by atomic mass is 127. The van der Waals surface area contributed by atoms with Crippen LogP contribution in [0.1, 0.15) is 26.3 Å². The van der Waals surface area contributed by atoms with Gasteiger partial charge in [0, 0.05) is 47.5 Å². The molecule has 1 atom stereocenters. The van der Waals surface area contributed by atoms with Gasteiger partial charge in [0.1, 0.15) is 21.1 Å². The molecule has 0 aliphatic heterocycles. The van der Waals surface area contributed by atoms with Crippen LogP contribution in [0.2, 0.25) is 0 Å². The third-order valence-electron chi connectivity index (χ3n) is 11.4. The van der Waals surface area contributed by atoms with Crippen LogP contribution < -0.4 is 5.73 Å². The van der Waals surface area contributed by atoms with Crippen molar-refractivity contribution in [3.05, 3.63) is 204 Å². The van der Waals surface area contributed by atoms with Gasteiger partial charge in [0.25, 0.3) is 0 Å². The van der Waals surface area contributed by atoms with Gasteiger partial charge in [-0.25, -0.2) is 9.98 Å². The van der Waals surface area contributed by atoms with Crippen molar-refractivity contribution >= 4 is 109 Å². The second kappa shape index (κ2) is 15.2. The minimum absolute atomic E-state index is 0.255. The Hall–Kier alpha value is -7.12. The summed E-state index contributed by atoms with van der Waals surface area (Å²) in [5.41, 5.74) is 16.1. The molecule has 0 aliphatic rings. The second-order valence-corrected chi connectivity index (χ2v) is 17.4. The van der Waals surface area contributed by atoms with Crippen molar-refractivity contribution < 1.29 is 4.42 Å². The fourth-order valence-electron chi connectivity index (χ4n) is 8.42. The number of thiophene rings is 1. The van der Waals surface area contributed by atoms with E-state index in [-0.39, 0.29) is 4.05 Å². The Morgan fingerprint density at radius 3 is 2.03 bits per heavy atom. The van der Waals surface area contributed by atoms with E-state index < -0.39 is 0 Å². The molecule has 0 saturated carbocycles. The highest BCUT2D eigenvalue weighted by Crippen LogP contribution is 2.44. The number of rotatable bonds is 6. The molecule has 0 fully saturated rings. The summed E-state index contributed by atoms with van der Waals surface area (Å²) in [5, 5.41) is 18.5. The number of furan rings is 1. The predicted molar refractivity (Wildman–Crippen MR) is 264 cm³/mol. The molecule has 288 valence electrons. The van der Waals surface area contributed by atoms with E-state index in [1.54, 1.807) is 11.3 Å². The van der Waals surface area contributed by atoms with Gasteiger partial charge in [-0.1, -0.05) is 156 Å². The molecule has 0 spiro atoms. The first-order valence-electron chi connectivity index (χ1n) is 19.9. The summed E-state index contributed by atoms with van der Waals surface area (Å²) in [6, 6.07) is 65.0. The summed E-state index contributed by atoms with van der Waals surface area (Å²) < 4.78 is 8.90. The largest absolute Gasteiger partial charge is 0.455 e. The smallest absolute Gasteiger partial charge is 0.158 e. The van der Waals surface area contributed by atoms with Gasteiger partial charge >= 0.3 is 0 Å². The van der Waals surface area contributed by atoms with Crippen LogP contribution in [0.5, 0.6) is 0 Å². The Balaban J connectivity index is 1.02. The average Bonchev–Trinajstić information content (AvgIpc) is 3.90. The zero-order valence-corrected chi connectivity index (χ0v) is 35.5. The van der Waals surface area contributed by atoms with Gasteiger partial charge in [-0.2, -0.15) is 5.26 Å². The monoisotopic (exact) mass is 912 g/mol. The zero-order chi connectivity index (χ0) is 41.0. The number of para-hydroxylation sites is 1. The standard InChI is InChI=1S/C54H33IN4OS/c55-52(58-54(59-53(57)34-9-2-1-3-10-34)39-23-26-43-42-13-5-7-16-48(42)61-49(43)30-39)38-12-8-11-35(27-38)37-22-25-41-40-24-21-36(33-19-17-32(31-56)18-20-33)28-45(40)50-44-14-4-6-15-47(44)60-51(50)46(41)29-37/h1-30,52H,(H2,57,58,59). The molecule has 0 bridgehead atoms. The van der Waals surface area contributed by atoms with Crippen LogP contribution in [0.25, 0.3) is 85.9 Å². The van der Waals surface area contributed by atoms with E-state index in [1.165, 1.54) is 20.2 Å². The van der Waals surface area contributed by atoms with Crippen molar-refractivity contribution in [2.24, 2.45) is 15.7 Å². The average molecular weight is 913 g/mol. The van der Waals surface area contributed by atoms with Crippen molar-refractivity contribution in [3.63, 3.8) is 0 Å². The number of amidine groups is 2. The number of aliphatic imine (C=N–C) groups is 2. The molecule has 0 radical (unpaired) electrons. The van der Waals surface area contributed by atoms with Crippen LogP contribution in [-0.2, 0) is 0 Å². The second-order valence-electron chi connectivity index (χ2n) is 15.1. The first-order chi connectivity index (χ1) is 30.0. The molecule has 0 saturated heterocycles. The van der Waals surface area contributed by atoms with Crippen LogP contribution in [0.4, 0.5) is 0 Å². The van der Waals surface area contributed by atoms with Gasteiger partial charge < -0.3 is 10.2 Å². The van der Waals surface area contributed by atoms with Crippen LogP contribution in [-0.4, -0.2) is 11.7 Å². The lowest BCUT2D eigenvalue weighted by atomic mass is 9.92. The van der Waals surface area contributed by atoms with Gasteiger partial charge in [-0.15, -0.1) is 11.3 Å². The number of nitriles is 1. The van der Waals surface area contributed by atoms with Gasteiger partial charge in [0.15, 0.2) is 5.84 Å². The van der Waals surface area contributed by atoms with Crippen LogP contribution >= 0.6 is 33.9 Å². The van der Waals surface area contributed by atoms with Crippen LogP contribution in [0, 0.1) is 11.3 Å². The van der Waals surface area contributed by atoms with Gasteiger partial charge in [0.2, 0.25) is 0 Å². The van der Waals surface area contributed by atoms with Crippen molar-refractivity contribution in [2.75, 3.05) is 0 Å². The number of fused-ring (bicyclic) bond motifs is 11. The lowest BCUT2D eigenvalue weighted by Crippen LogP contribution is -2.16. The maximum Gasteiger partial charge on any atom is 0.158 e. The van der Waals surface area contributed by atoms with Crippen molar-refractivity contribution in [3.8, 4) is 28.3 Å². The molecule has 2 heterocycles. The van der Waals surface area contributed by atoms with Gasteiger partial charge in [-0.05, 0) is 92.5 Å². The van der Waals surface area contributed by atoms with E-state index in [0.717, 1.165) is 82.4 Å². The fourth-order valence-corrected chi connectivity index (χ4v) is 10.2. The van der Waals surface area contributed by atoms with Crippen LogP contribution in [0.3, 0.4) is 0 Å². The van der Waals surface area contributed by atoms with E-state index >= 15 is 0 Å². The van der Waals surface area contributed by atoms with Crippen molar-refractivity contribution in [2.45, 2.75) is 4.05 Å². The molecule has 5 nitrogen and oxygen atoms in total. The quantitative estimate of drug-likeness (QED) is 0.0450. The maximum atomic E-state index is 9.37. The number of nitrogens with two attached hydrogens (primary N) is 1. The number of halogens is 1. The molecule has 11 rings (SSSR count). The maximum absolute atomic E-state index is 9.37. The third kappa shape index (κ3) is 6.61. The van der Waals surface area contributed by atoms with Gasteiger partial charge in [-0.3, -0.25) is 0 Å². The topological polar surface area (TPSA) is 87.7 Å². The lowest BCUT2D eigenvalue weighted by Gasteiger charge is -2.13. The first-order valence-corrected chi connectivity index (χ1v) is 22.0. The molecule has 61 heavy (non-hydrogen) atoms. The number of hydrogen-bond donors (Lipinski definition) is 1. The molecule has 9 aromatic carbocycles. The van der Waals surface area contributed by atoms with E-state index in [9.17, 15) is 5.26 Å². The Labute approximate surface area is 368 Å². The van der Waals surface area contributed by atoms with Crippen molar-refractivity contribution in [1.29, 1.82) is 5.26 Å². The molecule has 0 amide bonds. The third-order valence-corrected chi connectivity index (χ3v) is 13.6. The molecule has 0 aliphatic carbocycles. The molecule has 1 unspecified atom stereocenters. The summed E-state index contributed by atoms with van der Waals surface area (Å²) in [7, 11) is 0. The Morgan fingerprint density at radius 2 is 1.21 bits per heavy atom. The van der Waals surface area contributed by atoms with E-state index in [0.29, 0.717) is 17.2 Å². The highest BCUT2D eigenvalue weighted by molar-refractivity contribution is 14.1. The minimum Gasteiger partial charge on any atom is -0.455 e. The SMILES string of the molecule is N#Cc1ccc(-c2ccc3c4ccc(-c5cccc(C(I)/N=C(\N=C(/N)c6ccccc6)c6ccc7c(c6)sc6ccccc67)c5)cc4c4oc5ccccc5c4c3c2)cc1. The zero-order valence-electron chi connectivity index (χ0n) is 32.5. The summed E-state index contributed by atoms with van der Waals surface area (Å²) in [5.74, 6) is 0.997. The predicted octanol–water partition coefficient (Wildman–Crippen LogP) is 14.8. The minimum atomic E-state index is -0.255. The molecule has 2 aromatic heterocycles. The van der Waals surface area contributed by atoms with E-state index in [4.69, 9.17) is 20.1 Å². The molecule has 2 N–H and O–H groups in total. The number of alkyl halides is 1. The lowest BCUT2D eigenvalue weighted by molar-refractivity contribution is 0.673. The van der Waals surface area contributed by atoms with E-state index in [1.807, 2.05) is 66.7 Å². The fraction of sp³-hybridized carbons (Fsp3) is 0.0185. The number of nitrogens with zero attached hydrogens (tertiary/aromatic N) is 3. The van der Waals surface area contributed by atoms with E-state index in [2.05, 4.69) is 144 Å². The highest BCUT2D eigenvalue weighted by Gasteiger charge is 2.19. The summed E-state index contributed by atoms with van der Waals surface area (Å²) in [6.07, 6.45) is 0. The van der Waals surface area contributed by atoms with Gasteiger partial charge in [0.05, 0.1) is 11.6 Å². The van der Waals surface area contributed by atoms with Crippen LogP contribution in [0.15, 0.2) is 196 Å². The Morgan fingerprint density at radius 1 is 0.557 bits per heavy atom. The molecule has 7 heteroatoms. The molecule has 11 aromatic rings. The first kappa shape index (κ1) is 36.9. The number of benzene rings is 9. The summed E-state index contributed by atoms with van der Waals surface area (Å²) in [4.78, 5) is 10.3. The molecular weight excluding hydrogens is 880 g/mol. The number of hydrogen-bond acceptors (Lipinski definition) is 4. The molecular formula is C54H33IN4OS. The summed E-state index contributed by atoms with van der Waals surface area (Å²) in [6.45, 7) is 0.